The predicted molar refractivity (Wildman–Crippen MR) is 76.1 cm³/mol. The van der Waals surface area contributed by atoms with Gasteiger partial charge in [0.25, 0.3) is 10.2 Å². The van der Waals surface area contributed by atoms with Gasteiger partial charge in [0.1, 0.15) is 5.84 Å². The number of hydrogen-bond donors (Lipinski definition) is 4. The number of benzene rings is 1. The molecule has 0 aliphatic heterocycles. The Morgan fingerprint density at radius 3 is 2.32 bits per heavy atom. The smallest absolute Gasteiger partial charge is 0.277 e. The standard InChI is InChI=1S/C12H20N4O2S/c1-9(2)7-15-19(17,18)16-8-10-3-5-11(6-4-10)12(13)14/h3-6,9,15-16H,7-8H2,1-2H3,(H3,13,14). The van der Waals surface area contributed by atoms with Gasteiger partial charge in [-0.25, -0.2) is 4.72 Å². The van der Waals surface area contributed by atoms with Gasteiger partial charge in [-0.3, -0.25) is 5.41 Å². The summed E-state index contributed by atoms with van der Waals surface area (Å²) < 4.78 is 28.1. The maximum Gasteiger partial charge on any atom is 0.277 e. The van der Waals surface area contributed by atoms with Crippen LogP contribution in [0.25, 0.3) is 0 Å². The molecule has 19 heavy (non-hydrogen) atoms. The molecule has 0 aliphatic rings. The Kier molecular flexibility index (Phi) is 5.46. The zero-order chi connectivity index (χ0) is 14.5. The van der Waals surface area contributed by atoms with Crippen LogP contribution >= 0.6 is 0 Å². The average Bonchev–Trinajstić information content (AvgIpc) is 2.35. The number of hydrogen-bond acceptors (Lipinski definition) is 3. The minimum absolute atomic E-state index is 0.00858. The van der Waals surface area contributed by atoms with Crippen LogP contribution in [0.4, 0.5) is 0 Å². The Bertz CT molecular complexity index is 523. The molecule has 0 aromatic heterocycles. The molecule has 0 radical (unpaired) electrons. The Balaban J connectivity index is 2.54. The van der Waals surface area contributed by atoms with Gasteiger partial charge < -0.3 is 5.73 Å². The summed E-state index contributed by atoms with van der Waals surface area (Å²) in [6.07, 6.45) is 0. The minimum atomic E-state index is -3.47. The summed E-state index contributed by atoms with van der Waals surface area (Å²) in [6.45, 7) is 4.47. The molecule has 1 aromatic carbocycles. The Labute approximate surface area is 114 Å². The van der Waals surface area contributed by atoms with E-state index in [0.717, 1.165) is 5.56 Å². The van der Waals surface area contributed by atoms with Crippen LogP contribution in [0.5, 0.6) is 0 Å². The summed E-state index contributed by atoms with van der Waals surface area (Å²) in [4.78, 5) is 0. The Morgan fingerprint density at radius 2 is 1.84 bits per heavy atom. The summed E-state index contributed by atoms with van der Waals surface area (Å²) in [5.41, 5.74) is 6.76. The molecule has 0 aliphatic carbocycles. The van der Waals surface area contributed by atoms with Crippen LogP contribution in [0.15, 0.2) is 24.3 Å². The number of nitrogens with one attached hydrogen (secondary N) is 3. The van der Waals surface area contributed by atoms with Gasteiger partial charge in [-0.1, -0.05) is 38.1 Å². The van der Waals surface area contributed by atoms with Crippen molar-refractivity contribution in [1.29, 1.82) is 5.41 Å². The molecule has 0 bridgehead atoms. The summed E-state index contributed by atoms with van der Waals surface area (Å²) in [6, 6.07) is 6.85. The van der Waals surface area contributed by atoms with Gasteiger partial charge in [-0.2, -0.15) is 13.1 Å². The van der Waals surface area contributed by atoms with Crippen LogP contribution < -0.4 is 15.2 Å². The van der Waals surface area contributed by atoms with Crippen molar-refractivity contribution in [2.24, 2.45) is 11.7 Å². The molecule has 1 rings (SSSR count). The zero-order valence-corrected chi connectivity index (χ0v) is 11.9. The van der Waals surface area contributed by atoms with E-state index in [-0.39, 0.29) is 18.3 Å². The lowest BCUT2D eigenvalue weighted by Crippen LogP contribution is -2.37. The second-order valence-corrected chi connectivity index (χ2v) is 6.26. The van der Waals surface area contributed by atoms with Crippen LogP contribution in [0.3, 0.4) is 0 Å². The van der Waals surface area contributed by atoms with E-state index in [1.54, 1.807) is 24.3 Å². The van der Waals surface area contributed by atoms with Crippen LogP contribution in [0.2, 0.25) is 0 Å². The second kappa shape index (κ2) is 6.65. The highest BCUT2D eigenvalue weighted by molar-refractivity contribution is 7.87. The highest BCUT2D eigenvalue weighted by Gasteiger charge is 2.09. The topological polar surface area (TPSA) is 108 Å². The summed E-state index contributed by atoms with van der Waals surface area (Å²) in [5.74, 6) is 0.247. The van der Waals surface area contributed by atoms with E-state index in [0.29, 0.717) is 12.1 Å². The predicted octanol–water partition coefficient (Wildman–Crippen LogP) is 0.551. The quantitative estimate of drug-likeness (QED) is 0.434. The van der Waals surface area contributed by atoms with Crippen molar-refractivity contribution in [2.45, 2.75) is 20.4 Å². The maximum atomic E-state index is 11.6. The highest BCUT2D eigenvalue weighted by atomic mass is 32.2. The fourth-order valence-electron chi connectivity index (χ4n) is 1.31. The largest absolute Gasteiger partial charge is 0.384 e. The molecule has 7 heteroatoms. The molecule has 0 amide bonds. The van der Waals surface area contributed by atoms with E-state index < -0.39 is 10.2 Å². The van der Waals surface area contributed by atoms with Gasteiger partial charge in [0, 0.05) is 18.7 Å². The van der Waals surface area contributed by atoms with Crippen molar-refractivity contribution >= 4 is 16.0 Å². The van der Waals surface area contributed by atoms with Crippen molar-refractivity contribution in [3.63, 3.8) is 0 Å². The molecule has 106 valence electrons. The Hall–Kier alpha value is -1.44. The minimum Gasteiger partial charge on any atom is -0.384 e. The number of amidine groups is 1. The molecule has 0 saturated carbocycles. The third-order valence-corrected chi connectivity index (χ3v) is 3.48. The molecule has 0 saturated heterocycles. The molecule has 0 unspecified atom stereocenters. The highest BCUT2D eigenvalue weighted by Crippen LogP contribution is 2.03. The van der Waals surface area contributed by atoms with Crippen molar-refractivity contribution in [1.82, 2.24) is 9.44 Å². The first-order valence-corrected chi connectivity index (χ1v) is 7.46. The number of nitrogen functional groups attached to an aromatic ring is 1. The average molecular weight is 284 g/mol. The fraction of sp³-hybridized carbons (Fsp3) is 0.417. The first kappa shape index (κ1) is 15.6. The van der Waals surface area contributed by atoms with Crippen molar-refractivity contribution in [2.75, 3.05) is 6.54 Å². The summed E-state index contributed by atoms with van der Waals surface area (Å²) >= 11 is 0. The number of rotatable bonds is 7. The third kappa shape index (κ3) is 5.82. The van der Waals surface area contributed by atoms with Crippen LogP contribution in [-0.4, -0.2) is 20.8 Å². The Morgan fingerprint density at radius 1 is 1.26 bits per heavy atom. The van der Waals surface area contributed by atoms with Crippen molar-refractivity contribution in [3.05, 3.63) is 35.4 Å². The summed E-state index contributed by atoms with van der Waals surface area (Å²) in [5, 5.41) is 7.26. The second-order valence-electron chi connectivity index (χ2n) is 4.68. The van der Waals surface area contributed by atoms with Gasteiger partial charge in [-0.15, -0.1) is 0 Å². The van der Waals surface area contributed by atoms with Gasteiger partial charge in [0.05, 0.1) is 0 Å². The molecule has 6 nitrogen and oxygen atoms in total. The van der Waals surface area contributed by atoms with E-state index in [1.165, 1.54) is 0 Å². The molecular formula is C12H20N4O2S. The lowest BCUT2D eigenvalue weighted by molar-refractivity contribution is 0.547. The van der Waals surface area contributed by atoms with Gasteiger partial charge in [0.2, 0.25) is 0 Å². The van der Waals surface area contributed by atoms with Crippen molar-refractivity contribution in [3.8, 4) is 0 Å². The summed E-state index contributed by atoms with van der Waals surface area (Å²) in [7, 11) is -3.47. The first-order valence-electron chi connectivity index (χ1n) is 5.98. The van der Waals surface area contributed by atoms with E-state index in [4.69, 9.17) is 11.1 Å². The van der Waals surface area contributed by atoms with E-state index >= 15 is 0 Å². The molecule has 0 fully saturated rings. The molecule has 1 aromatic rings. The lowest BCUT2D eigenvalue weighted by Gasteiger charge is -2.10. The third-order valence-electron chi connectivity index (χ3n) is 2.41. The zero-order valence-electron chi connectivity index (χ0n) is 11.1. The SMILES string of the molecule is CC(C)CNS(=O)(=O)NCc1ccc(C(=N)N)cc1. The lowest BCUT2D eigenvalue weighted by atomic mass is 10.1. The van der Waals surface area contributed by atoms with Gasteiger partial charge >= 0.3 is 0 Å². The van der Waals surface area contributed by atoms with E-state index in [1.807, 2.05) is 13.8 Å². The molecule has 0 atom stereocenters. The first-order chi connectivity index (χ1) is 8.80. The van der Waals surface area contributed by atoms with Gasteiger partial charge in [0.15, 0.2) is 0 Å². The van der Waals surface area contributed by atoms with Crippen molar-refractivity contribution < 1.29 is 8.42 Å². The molecule has 5 N–H and O–H groups in total. The molecule has 0 spiro atoms. The van der Waals surface area contributed by atoms with Crippen LogP contribution in [-0.2, 0) is 16.8 Å². The molecule has 0 heterocycles. The van der Waals surface area contributed by atoms with Crippen LogP contribution in [0, 0.1) is 11.3 Å². The van der Waals surface area contributed by atoms with E-state index in [2.05, 4.69) is 9.44 Å². The monoisotopic (exact) mass is 284 g/mol. The molecular weight excluding hydrogens is 264 g/mol. The van der Waals surface area contributed by atoms with E-state index in [9.17, 15) is 8.42 Å². The fourth-order valence-corrected chi connectivity index (χ4v) is 2.32. The van der Waals surface area contributed by atoms with Crippen LogP contribution in [0.1, 0.15) is 25.0 Å². The maximum absolute atomic E-state index is 11.6. The normalized spacial score (nSPS) is 11.7. The van der Waals surface area contributed by atoms with Gasteiger partial charge in [-0.05, 0) is 11.5 Å². The number of nitrogens with two attached hydrogens (primary N) is 1.